The molecule has 1 unspecified atom stereocenters. The average molecular weight is 257 g/mol. The van der Waals surface area contributed by atoms with E-state index in [1.807, 2.05) is 0 Å². The Balaban J connectivity index is 2.24. The van der Waals surface area contributed by atoms with Crippen molar-refractivity contribution in [3.8, 4) is 0 Å². The van der Waals surface area contributed by atoms with Crippen LogP contribution in [0.15, 0.2) is 12.1 Å². The van der Waals surface area contributed by atoms with Gasteiger partial charge in [0.05, 0.1) is 7.05 Å². The third-order valence-corrected chi connectivity index (χ3v) is 2.42. The second kappa shape index (κ2) is 4.73. The van der Waals surface area contributed by atoms with Crippen LogP contribution in [0.1, 0.15) is 17.4 Å². The van der Waals surface area contributed by atoms with Gasteiger partial charge < -0.3 is 5.73 Å². The van der Waals surface area contributed by atoms with E-state index in [2.05, 4.69) is 15.4 Å². The van der Waals surface area contributed by atoms with Gasteiger partial charge in [-0.2, -0.15) is 4.80 Å². The molecule has 96 valence electrons. The van der Waals surface area contributed by atoms with Gasteiger partial charge >= 0.3 is 0 Å². The smallest absolute Gasteiger partial charge is 0.194 e. The molecule has 0 aliphatic heterocycles. The Hall–Kier alpha value is -1.96. The molecule has 1 aromatic heterocycles. The molecule has 0 aliphatic rings. The fraction of sp³-hybridized carbons (Fsp3) is 0.300. The lowest BCUT2D eigenvalue weighted by Gasteiger charge is -2.11. The van der Waals surface area contributed by atoms with Gasteiger partial charge in [-0.3, -0.25) is 0 Å². The normalized spacial score (nSPS) is 12.7. The van der Waals surface area contributed by atoms with E-state index < -0.39 is 23.5 Å². The lowest BCUT2D eigenvalue weighted by atomic mass is 10.0. The van der Waals surface area contributed by atoms with Crippen molar-refractivity contribution in [2.45, 2.75) is 12.5 Å². The quantitative estimate of drug-likeness (QED) is 0.828. The van der Waals surface area contributed by atoms with Crippen LogP contribution in [0.3, 0.4) is 0 Å². The Morgan fingerprint density at radius 3 is 2.61 bits per heavy atom. The summed E-state index contributed by atoms with van der Waals surface area (Å²) in [6.07, 6.45) is 0.0792. The first kappa shape index (κ1) is 12.5. The number of hydrogen-bond acceptors (Lipinski definition) is 4. The largest absolute Gasteiger partial charge is 0.323 e. The molecule has 2 rings (SSSR count). The highest BCUT2D eigenvalue weighted by Crippen LogP contribution is 2.21. The summed E-state index contributed by atoms with van der Waals surface area (Å²) < 4.78 is 39.3. The van der Waals surface area contributed by atoms with Crippen molar-refractivity contribution in [1.29, 1.82) is 0 Å². The van der Waals surface area contributed by atoms with Gasteiger partial charge in [0.2, 0.25) is 0 Å². The van der Waals surface area contributed by atoms with Gasteiger partial charge in [0, 0.05) is 18.0 Å². The fourth-order valence-corrected chi connectivity index (χ4v) is 1.54. The first-order chi connectivity index (χ1) is 8.49. The molecule has 0 radical (unpaired) electrons. The van der Waals surface area contributed by atoms with Crippen molar-refractivity contribution in [3.05, 3.63) is 41.0 Å². The first-order valence-electron chi connectivity index (χ1n) is 5.11. The van der Waals surface area contributed by atoms with Gasteiger partial charge in [-0.05, 0) is 11.3 Å². The maximum absolute atomic E-state index is 13.5. The number of nitrogens with two attached hydrogens (primary N) is 1. The molecule has 0 amide bonds. The molecular formula is C10H10F3N5. The van der Waals surface area contributed by atoms with Crippen LogP contribution in [0.5, 0.6) is 0 Å². The van der Waals surface area contributed by atoms with Gasteiger partial charge in [0.1, 0.15) is 0 Å². The summed E-state index contributed by atoms with van der Waals surface area (Å²) in [5.41, 5.74) is 5.59. The van der Waals surface area contributed by atoms with E-state index in [4.69, 9.17) is 5.73 Å². The van der Waals surface area contributed by atoms with Crippen LogP contribution >= 0.6 is 0 Å². The topological polar surface area (TPSA) is 69.6 Å². The molecule has 8 heteroatoms. The van der Waals surface area contributed by atoms with Crippen LogP contribution in [0, 0.1) is 17.5 Å². The number of nitrogens with zero attached hydrogens (tertiary/aromatic N) is 4. The Morgan fingerprint density at radius 2 is 2.00 bits per heavy atom. The van der Waals surface area contributed by atoms with Gasteiger partial charge in [0.15, 0.2) is 23.3 Å². The molecule has 0 saturated heterocycles. The molecule has 5 nitrogen and oxygen atoms in total. The molecule has 0 bridgehead atoms. The van der Waals surface area contributed by atoms with Gasteiger partial charge in [-0.1, -0.05) is 6.07 Å². The molecule has 0 fully saturated rings. The summed E-state index contributed by atoms with van der Waals surface area (Å²) in [4.78, 5) is 1.23. The van der Waals surface area contributed by atoms with Crippen molar-refractivity contribution in [3.63, 3.8) is 0 Å². The van der Waals surface area contributed by atoms with Crippen molar-refractivity contribution in [2.75, 3.05) is 0 Å². The third kappa shape index (κ3) is 2.33. The van der Waals surface area contributed by atoms with Crippen molar-refractivity contribution < 1.29 is 13.2 Å². The highest BCUT2D eigenvalue weighted by molar-refractivity contribution is 5.24. The zero-order valence-corrected chi connectivity index (χ0v) is 9.44. The molecule has 0 saturated carbocycles. The summed E-state index contributed by atoms with van der Waals surface area (Å²) in [6.45, 7) is 0. The van der Waals surface area contributed by atoms with Crippen LogP contribution in [-0.2, 0) is 13.5 Å². The van der Waals surface area contributed by atoms with E-state index in [1.165, 1.54) is 4.80 Å². The molecular weight excluding hydrogens is 247 g/mol. The Morgan fingerprint density at radius 1 is 1.28 bits per heavy atom. The number of halogens is 3. The zero-order chi connectivity index (χ0) is 13.3. The standard InChI is InChI=1S/C10H10F3N5/c1-18-16-8(15-17-18)4-7(14)5-2-3-6(11)10(13)9(5)12/h2-3,7H,4,14H2,1H3. The number of benzene rings is 1. The third-order valence-electron chi connectivity index (χ3n) is 2.42. The molecule has 2 N–H and O–H groups in total. The van der Waals surface area contributed by atoms with Gasteiger partial charge in [-0.15, -0.1) is 10.2 Å². The van der Waals surface area contributed by atoms with Crippen LogP contribution in [0.4, 0.5) is 13.2 Å². The number of hydrogen-bond donors (Lipinski definition) is 1. The SMILES string of the molecule is Cn1nnc(CC(N)c2ccc(F)c(F)c2F)n1. The number of rotatable bonds is 3. The molecule has 0 spiro atoms. The maximum Gasteiger partial charge on any atom is 0.194 e. The summed E-state index contributed by atoms with van der Waals surface area (Å²) >= 11 is 0. The Labute approximate surface area is 100 Å². The van der Waals surface area contributed by atoms with Crippen molar-refractivity contribution in [2.24, 2.45) is 12.8 Å². The predicted octanol–water partition coefficient (Wildman–Crippen LogP) is 0.870. The van der Waals surface area contributed by atoms with Crippen LogP contribution in [0.2, 0.25) is 0 Å². The monoisotopic (exact) mass is 257 g/mol. The number of aryl methyl sites for hydroxylation is 1. The minimum Gasteiger partial charge on any atom is -0.323 e. The van der Waals surface area contributed by atoms with Crippen LogP contribution in [0.25, 0.3) is 0 Å². The fourth-order valence-electron chi connectivity index (χ4n) is 1.54. The summed E-state index contributed by atoms with van der Waals surface area (Å²) in [6, 6.07) is 1.07. The van der Waals surface area contributed by atoms with Crippen LogP contribution in [-0.4, -0.2) is 20.2 Å². The Kier molecular flexibility index (Phi) is 3.28. The van der Waals surface area contributed by atoms with Crippen molar-refractivity contribution >= 4 is 0 Å². The maximum atomic E-state index is 13.5. The zero-order valence-electron chi connectivity index (χ0n) is 9.44. The molecule has 2 aromatic rings. The molecule has 1 atom stereocenters. The molecule has 0 aliphatic carbocycles. The summed E-state index contributed by atoms with van der Waals surface area (Å²) in [5, 5.41) is 11.1. The first-order valence-corrected chi connectivity index (χ1v) is 5.11. The van der Waals surface area contributed by atoms with E-state index in [9.17, 15) is 13.2 Å². The van der Waals surface area contributed by atoms with Crippen LogP contribution < -0.4 is 5.73 Å². The summed E-state index contributed by atoms with van der Waals surface area (Å²) in [5.74, 6) is -3.77. The second-order valence-corrected chi connectivity index (χ2v) is 3.77. The predicted molar refractivity (Wildman–Crippen MR) is 55.7 cm³/mol. The molecule has 1 heterocycles. The minimum atomic E-state index is -1.53. The van der Waals surface area contributed by atoms with Crippen molar-refractivity contribution in [1.82, 2.24) is 20.2 Å². The van der Waals surface area contributed by atoms with Gasteiger partial charge in [0.25, 0.3) is 0 Å². The molecule has 1 aromatic carbocycles. The number of tetrazole rings is 1. The van der Waals surface area contributed by atoms with E-state index in [1.54, 1.807) is 7.05 Å². The highest BCUT2D eigenvalue weighted by Gasteiger charge is 2.19. The summed E-state index contributed by atoms with van der Waals surface area (Å²) in [7, 11) is 1.57. The van der Waals surface area contributed by atoms with E-state index in [-0.39, 0.29) is 12.0 Å². The van der Waals surface area contributed by atoms with E-state index in [0.29, 0.717) is 5.82 Å². The Bertz CT molecular complexity index is 569. The minimum absolute atomic E-state index is 0.0792. The highest BCUT2D eigenvalue weighted by atomic mass is 19.2. The second-order valence-electron chi connectivity index (χ2n) is 3.77. The lowest BCUT2D eigenvalue weighted by Crippen LogP contribution is -2.17. The van der Waals surface area contributed by atoms with E-state index in [0.717, 1.165) is 12.1 Å². The average Bonchev–Trinajstić information content (AvgIpc) is 2.71. The van der Waals surface area contributed by atoms with Gasteiger partial charge in [-0.25, -0.2) is 13.2 Å². The van der Waals surface area contributed by atoms with E-state index >= 15 is 0 Å². The number of aromatic nitrogens is 4. The molecule has 18 heavy (non-hydrogen) atoms. The lowest BCUT2D eigenvalue weighted by molar-refractivity contribution is 0.434.